The lowest BCUT2D eigenvalue weighted by Gasteiger charge is -2.39. The zero-order chi connectivity index (χ0) is 17.2. The molecule has 2 fully saturated rings. The Hall–Kier alpha value is -1.76. The molecule has 0 bridgehead atoms. The number of hydrogen-bond donors (Lipinski definition) is 1. The molecular weight excluding hydrogens is 323 g/mol. The predicted octanol–water partition coefficient (Wildman–Crippen LogP) is 2.84. The van der Waals surface area contributed by atoms with Crippen molar-refractivity contribution in [2.75, 3.05) is 19.8 Å². The lowest BCUT2D eigenvalue weighted by atomic mass is 9.94. The molecule has 0 radical (unpaired) electrons. The molecule has 4 rings (SSSR count). The summed E-state index contributed by atoms with van der Waals surface area (Å²) in [6, 6.07) is 6.35. The average Bonchev–Trinajstić information content (AvgIpc) is 3.25. The van der Waals surface area contributed by atoms with E-state index in [-0.39, 0.29) is 23.9 Å². The molecule has 0 amide bonds. The first kappa shape index (κ1) is 16.7. The molecule has 1 aromatic heterocycles. The second-order valence-corrected chi connectivity index (χ2v) is 6.93. The molecule has 2 heterocycles. The van der Waals surface area contributed by atoms with E-state index in [1.165, 1.54) is 12.1 Å². The summed E-state index contributed by atoms with van der Waals surface area (Å²) in [7, 11) is 0. The van der Waals surface area contributed by atoms with Gasteiger partial charge in [0.1, 0.15) is 12.1 Å². The summed E-state index contributed by atoms with van der Waals surface area (Å²) in [6.07, 6.45) is 4.44. The molecular formula is C19H23FN2O3. The minimum absolute atomic E-state index is 0.220. The number of aromatic nitrogens is 1. The van der Waals surface area contributed by atoms with Gasteiger partial charge in [-0.25, -0.2) is 9.37 Å². The highest BCUT2D eigenvalue weighted by atomic mass is 19.1. The quantitative estimate of drug-likeness (QED) is 0.922. The molecule has 134 valence electrons. The Balaban J connectivity index is 1.47. The first-order chi connectivity index (χ1) is 12.2. The fraction of sp³-hybridized carbons (Fsp3) is 0.526. The summed E-state index contributed by atoms with van der Waals surface area (Å²) in [6.45, 7) is 2.85. The number of aliphatic hydroxyl groups is 1. The van der Waals surface area contributed by atoms with Crippen LogP contribution in [-0.4, -0.2) is 46.9 Å². The number of oxazole rings is 1. The molecule has 2 aromatic rings. The van der Waals surface area contributed by atoms with E-state index in [1.807, 2.05) is 0 Å². The molecule has 1 saturated carbocycles. The number of nitrogens with zero attached hydrogens (tertiary/aromatic N) is 2. The Morgan fingerprint density at radius 3 is 2.84 bits per heavy atom. The van der Waals surface area contributed by atoms with Gasteiger partial charge in [0.2, 0.25) is 5.89 Å². The van der Waals surface area contributed by atoms with Crippen LogP contribution in [0.25, 0.3) is 11.5 Å². The van der Waals surface area contributed by atoms with Gasteiger partial charge in [0, 0.05) is 30.6 Å². The van der Waals surface area contributed by atoms with Gasteiger partial charge < -0.3 is 14.3 Å². The second-order valence-electron chi connectivity index (χ2n) is 6.93. The monoisotopic (exact) mass is 346 g/mol. The van der Waals surface area contributed by atoms with E-state index in [0.29, 0.717) is 25.6 Å². The van der Waals surface area contributed by atoms with Gasteiger partial charge in [0.25, 0.3) is 0 Å². The van der Waals surface area contributed by atoms with Gasteiger partial charge in [0.15, 0.2) is 0 Å². The maximum Gasteiger partial charge on any atom is 0.226 e. The minimum Gasteiger partial charge on any atom is -0.444 e. The Labute approximate surface area is 146 Å². The van der Waals surface area contributed by atoms with Gasteiger partial charge in [0.05, 0.1) is 25.0 Å². The van der Waals surface area contributed by atoms with E-state index in [4.69, 9.17) is 9.15 Å². The third-order valence-corrected chi connectivity index (χ3v) is 5.31. The zero-order valence-electron chi connectivity index (χ0n) is 14.1. The van der Waals surface area contributed by atoms with Crippen LogP contribution in [0.3, 0.4) is 0 Å². The summed E-state index contributed by atoms with van der Waals surface area (Å²) < 4.78 is 24.3. The van der Waals surface area contributed by atoms with Gasteiger partial charge in [-0.05, 0) is 37.1 Å². The normalized spacial score (nSPS) is 27.7. The van der Waals surface area contributed by atoms with E-state index in [2.05, 4.69) is 9.88 Å². The van der Waals surface area contributed by atoms with Gasteiger partial charge in [-0.3, -0.25) is 4.90 Å². The van der Waals surface area contributed by atoms with Crippen LogP contribution < -0.4 is 0 Å². The molecule has 5 nitrogen and oxygen atoms in total. The van der Waals surface area contributed by atoms with Crippen LogP contribution in [0.15, 0.2) is 34.9 Å². The van der Waals surface area contributed by atoms with E-state index in [0.717, 1.165) is 37.1 Å². The van der Waals surface area contributed by atoms with Crippen LogP contribution in [0.2, 0.25) is 0 Å². The van der Waals surface area contributed by atoms with Crippen LogP contribution in [0.5, 0.6) is 0 Å². The summed E-state index contributed by atoms with van der Waals surface area (Å²) >= 11 is 0. The third-order valence-electron chi connectivity index (χ3n) is 5.31. The number of benzene rings is 1. The Bertz CT molecular complexity index is 703. The fourth-order valence-corrected chi connectivity index (χ4v) is 3.98. The molecule has 3 atom stereocenters. The van der Waals surface area contributed by atoms with Crippen LogP contribution in [0, 0.1) is 11.7 Å². The first-order valence-corrected chi connectivity index (χ1v) is 8.91. The summed E-state index contributed by atoms with van der Waals surface area (Å²) in [5, 5.41) is 10.3. The predicted molar refractivity (Wildman–Crippen MR) is 90.3 cm³/mol. The highest BCUT2D eigenvalue weighted by Crippen LogP contribution is 2.33. The van der Waals surface area contributed by atoms with Crippen molar-refractivity contribution < 1.29 is 18.7 Å². The van der Waals surface area contributed by atoms with Crippen LogP contribution >= 0.6 is 0 Å². The first-order valence-electron chi connectivity index (χ1n) is 8.91. The number of hydrogen-bond acceptors (Lipinski definition) is 5. The molecule has 1 saturated heterocycles. The maximum atomic E-state index is 13.0. The van der Waals surface area contributed by atoms with E-state index >= 15 is 0 Å². The largest absolute Gasteiger partial charge is 0.444 e. The molecule has 1 N–H and O–H groups in total. The topological polar surface area (TPSA) is 58.7 Å². The Morgan fingerprint density at radius 2 is 2.08 bits per heavy atom. The van der Waals surface area contributed by atoms with Crippen LogP contribution in [0.4, 0.5) is 4.39 Å². The zero-order valence-corrected chi connectivity index (χ0v) is 14.1. The molecule has 1 aromatic carbocycles. The van der Waals surface area contributed by atoms with Crippen molar-refractivity contribution in [1.29, 1.82) is 0 Å². The van der Waals surface area contributed by atoms with Gasteiger partial charge in [-0.15, -0.1) is 0 Å². The van der Waals surface area contributed by atoms with Crippen LogP contribution in [0.1, 0.15) is 25.0 Å². The maximum absolute atomic E-state index is 13.0. The number of ether oxygens (including phenoxy) is 1. The van der Waals surface area contributed by atoms with Crippen molar-refractivity contribution in [3.63, 3.8) is 0 Å². The van der Waals surface area contributed by atoms with Gasteiger partial charge in [-0.1, -0.05) is 6.42 Å². The third kappa shape index (κ3) is 3.61. The van der Waals surface area contributed by atoms with E-state index < -0.39 is 0 Å². The van der Waals surface area contributed by atoms with Crippen molar-refractivity contribution in [3.05, 3.63) is 42.0 Å². The van der Waals surface area contributed by atoms with Gasteiger partial charge >= 0.3 is 0 Å². The van der Waals surface area contributed by atoms with Crippen molar-refractivity contribution in [1.82, 2.24) is 9.88 Å². The van der Waals surface area contributed by atoms with E-state index in [1.54, 1.807) is 18.4 Å². The van der Waals surface area contributed by atoms with Crippen molar-refractivity contribution >= 4 is 0 Å². The molecule has 1 aliphatic heterocycles. The van der Waals surface area contributed by atoms with Gasteiger partial charge in [-0.2, -0.15) is 0 Å². The minimum atomic E-state index is -0.276. The smallest absolute Gasteiger partial charge is 0.226 e. The molecule has 1 aliphatic carbocycles. The molecule has 6 heteroatoms. The Kier molecular flexibility index (Phi) is 4.83. The highest BCUT2D eigenvalue weighted by Gasteiger charge is 2.37. The summed E-state index contributed by atoms with van der Waals surface area (Å²) in [5.74, 6) is 0.492. The van der Waals surface area contributed by atoms with Crippen molar-refractivity contribution in [3.8, 4) is 11.5 Å². The van der Waals surface area contributed by atoms with E-state index in [9.17, 15) is 9.50 Å². The van der Waals surface area contributed by atoms with Crippen molar-refractivity contribution in [2.24, 2.45) is 5.92 Å². The van der Waals surface area contributed by atoms with Crippen LogP contribution in [-0.2, 0) is 11.3 Å². The average molecular weight is 346 g/mol. The number of morpholine rings is 1. The second kappa shape index (κ2) is 7.23. The standard InChI is InChI=1S/C19H23FN2O3/c20-14-6-4-13(5-7-14)19-21-15(11-25-19)10-22-8-9-24-12-17(22)16-2-1-3-18(16)23/h4-7,11,16-18,23H,1-3,8-10,12H2/t16-,17+,18-/m1/s1. The molecule has 25 heavy (non-hydrogen) atoms. The number of rotatable bonds is 4. The lowest BCUT2D eigenvalue weighted by Crippen LogP contribution is -2.50. The fourth-order valence-electron chi connectivity index (χ4n) is 3.98. The molecule has 0 spiro atoms. The SMILES string of the molecule is O[C@@H]1CCC[C@@H]1[C@@H]1COCCN1Cc1coc(-c2ccc(F)cc2)n1. The summed E-state index contributed by atoms with van der Waals surface area (Å²) in [4.78, 5) is 6.89. The number of halogens is 1. The lowest BCUT2D eigenvalue weighted by molar-refractivity contribution is -0.0540. The highest BCUT2D eigenvalue weighted by molar-refractivity contribution is 5.52. The molecule has 2 aliphatic rings. The molecule has 0 unspecified atom stereocenters. The summed E-state index contributed by atoms with van der Waals surface area (Å²) in [5.41, 5.74) is 1.61. The van der Waals surface area contributed by atoms with Crippen molar-refractivity contribution in [2.45, 2.75) is 38.0 Å². The number of aliphatic hydroxyl groups excluding tert-OH is 1. The Morgan fingerprint density at radius 1 is 1.24 bits per heavy atom.